The lowest BCUT2D eigenvalue weighted by molar-refractivity contribution is -0.118. The summed E-state index contributed by atoms with van der Waals surface area (Å²) in [4.78, 5) is 16.2. The molecule has 0 unspecified atom stereocenters. The first kappa shape index (κ1) is 15.2. The van der Waals surface area contributed by atoms with Gasteiger partial charge >= 0.3 is 0 Å². The summed E-state index contributed by atoms with van der Waals surface area (Å²) in [6.07, 6.45) is 0. The normalized spacial score (nSPS) is 10.3. The third-order valence-electron chi connectivity index (χ3n) is 3.20. The number of rotatable bonds is 5. The number of nitrogens with one attached hydrogen (secondary N) is 1. The van der Waals surface area contributed by atoms with Gasteiger partial charge in [-0.1, -0.05) is 48.5 Å². The molecule has 0 spiro atoms. The molecule has 0 saturated carbocycles. The molecule has 3 rings (SSSR count). The van der Waals surface area contributed by atoms with Crippen LogP contribution in [-0.2, 0) is 4.79 Å². The van der Waals surface area contributed by atoms with Crippen LogP contribution in [0.15, 0.2) is 60.0 Å². The van der Waals surface area contributed by atoms with Gasteiger partial charge in [0.2, 0.25) is 0 Å². The molecule has 1 heterocycles. The molecule has 0 radical (unpaired) electrons. The summed E-state index contributed by atoms with van der Waals surface area (Å²) in [6.45, 7) is 1.83. The van der Waals surface area contributed by atoms with Crippen molar-refractivity contribution in [3.8, 4) is 16.9 Å². The zero-order valence-electron chi connectivity index (χ0n) is 12.7. The van der Waals surface area contributed by atoms with Crippen LogP contribution in [0.2, 0.25) is 0 Å². The molecule has 3 aromatic rings. The highest BCUT2D eigenvalue weighted by Gasteiger charge is 2.09. The number of carbonyl (C=O) groups is 1. The molecule has 0 atom stereocenters. The van der Waals surface area contributed by atoms with E-state index in [0.717, 1.165) is 16.8 Å². The number of benzene rings is 2. The monoisotopic (exact) mass is 324 g/mol. The molecule has 1 N–H and O–H groups in total. The second-order valence-electron chi connectivity index (χ2n) is 4.99. The largest absolute Gasteiger partial charge is 0.483 e. The Bertz CT molecular complexity index is 800. The molecule has 0 saturated heterocycles. The van der Waals surface area contributed by atoms with Gasteiger partial charge in [0.25, 0.3) is 5.91 Å². The van der Waals surface area contributed by atoms with Gasteiger partial charge in [0.1, 0.15) is 5.75 Å². The van der Waals surface area contributed by atoms with Crippen LogP contribution in [0.4, 0.5) is 5.13 Å². The zero-order valence-corrected chi connectivity index (χ0v) is 13.5. The third-order valence-corrected chi connectivity index (χ3v) is 4.07. The SMILES string of the molecule is Cc1csc(NC(=O)COc2ccccc2-c2ccccc2)n1. The minimum atomic E-state index is -0.220. The molecular weight excluding hydrogens is 308 g/mol. The first-order chi connectivity index (χ1) is 11.2. The Morgan fingerprint density at radius 2 is 1.87 bits per heavy atom. The lowest BCUT2D eigenvalue weighted by Gasteiger charge is -2.11. The van der Waals surface area contributed by atoms with Crippen LogP contribution in [0, 0.1) is 6.92 Å². The van der Waals surface area contributed by atoms with Crippen LogP contribution in [0.3, 0.4) is 0 Å². The van der Waals surface area contributed by atoms with Gasteiger partial charge in [-0.25, -0.2) is 4.98 Å². The Balaban J connectivity index is 1.68. The van der Waals surface area contributed by atoms with Crippen LogP contribution >= 0.6 is 11.3 Å². The van der Waals surface area contributed by atoms with Crippen molar-refractivity contribution < 1.29 is 9.53 Å². The second kappa shape index (κ2) is 7.07. The molecule has 1 aromatic heterocycles. The van der Waals surface area contributed by atoms with Gasteiger partial charge in [0.05, 0.1) is 5.69 Å². The second-order valence-corrected chi connectivity index (χ2v) is 5.85. The quantitative estimate of drug-likeness (QED) is 0.767. The highest BCUT2D eigenvalue weighted by atomic mass is 32.1. The molecule has 0 aliphatic carbocycles. The molecular formula is C18H16N2O2S. The van der Waals surface area contributed by atoms with Crippen LogP contribution in [0.5, 0.6) is 5.75 Å². The summed E-state index contributed by atoms with van der Waals surface area (Å²) in [7, 11) is 0. The van der Waals surface area contributed by atoms with E-state index in [0.29, 0.717) is 10.9 Å². The van der Waals surface area contributed by atoms with E-state index in [1.807, 2.05) is 66.9 Å². The highest BCUT2D eigenvalue weighted by molar-refractivity contribution is 7.13. The fraction of sp³-hybridized carbons (Fsp3) is 0.111. The lowest BCUT2D eigenvalue weighted by Crippen LogP contribution is -2.20. The van der Waals surface area contributed by atoms with Gasteiger partial charge in [-0.3, -0.25) is 10.1 Å². The summed E-state index contributed by atoms with van der Waals surface area (Å²) >= 11 is 1.40. The summed E-state index contributed by atoms with van der Waals surface area (Å²) in [5, 5.41) is 5.22. The van der Waals surface area contributed by atoms with E-state index < -0.39 is 0 Å². The number of amides is 1. The Hall–Kier alpha value is -2.66. The molecule has 0 aliphatic rings. The number of anilines is 1. The summed E-state index contributed by atoms with van der Waals surface area (Å²) < 4.78 is 5.70. The van der Waals surface area contributed by atoms with Crippen LogP contribution in [0.1, 0.15) is 5.69 Å². The number of aromatic nitrogens is 1. The maximum atomic E-state index is 12.0. The predicted octanol–water partition coefficient (Wildman–Crippen LogP) is 4.14. The minimum Gasteiger partial charge on any atom is -0.483 e. The standard InChI is InChI=1S/C18H16N2O2S/c1-13-12-23-18(19-13)20-17(21)11-22-16-10-6-5-9-15(16)14-7-3-2-4-8-14/h2-10,12H,11H2,1H3,(H,19,20,21). The van der Waals surface area contributed by atoms with Crippen molar-refractivity contribution >= 4 is 22.4 Å². The van der Waals surface area contributed by atoms with E-state index in [9.17, 15) is 4.79 Å². The number of thiazole rings is 1. The zero-order chi connectivity index (χ0) is 16.1. The van der Waals surface area contributed by atoms with Gasteiger partial charge in [-0.2, -0.15) is 0 Å². The van der Waals surface area contributed by atoms with Crippen molar-refractivity contribution in [3.63, 3.8) is 0 Å². The van der Waals surface area contributed by atoms with Crippen LogP contribution in [0.25, 0.3) is 11.1 Å². The summed E-state index contributed by atoms with van der Waals surface area (Å²) in [6, 6.07) is 17.6. The molecule has 5 heteroatoms. The topological polar surface area (TPSA) is 51.2 Å². The van der Waals surface area contributed by atoms with Gasteiger partial charge in [-0.15, -0.1) is 11.3 Å². The van der Waals surface area contributed by atoms with Crippen LogP contribution in [-0.4, -0.2) is 17.5 Å². The van der Waals surface area contributed by atoms with Crippen molar-refractivity contribution in [3.05, 3.63) is 65.7 Å². The molecule has 2 aromatic carbocycles. The average molecular weight is 324 g/mol. The Labute approximate surface area is 138 Å². The number of carbonyl (C=O) groups excluding carboxylic acids is 1. The van der Waals surface area contributed by atoms with Crippen LogP contribution < -0.4 is 10.1 Å². The fourth-order valence-electron chi connectivity index (χ4n) is 2.16. The number of hydrogen-bond acceptors (Lipinski definition) is 4. The van der Waals surface area contributed by atoms with E-state index in [-0.39, 0.29) is 12.5 Å². The lowest BCUT2D eigenvalue weighted by atomic mass is 10.1. The summed E-state index contributed by atoms with van der Waals surface area (Å²) in [5.41, 5.74) is 2.91. The van der Waals surface area contributed by atoms with Crippen molar-refractivity contribution in [2.45, 2.75) is 6.92 Å². The smallest absolute Gasteiger partial charge is 0.264 e. The first-order valence-corrected chi connectivity index (χ1v) is 8.09. The third kappa shape index (κ3) is 3.96. The van der Waals surface area contributed by atoms with Gasteiger partial charge in [0, 0.05) is 10.9 Å². The Morgan fingerprint density at radius 1 is 1.13 bits per heavy atom. The Kier molecular flexibility index (Phi) is 4.68. The Morgan fingerprint density at radius 3 is 2.61 bits per heavy atom. The maximum Gasteiger partial charge on any atom is 0.264 e. The van der Waals surface area contributed by atoms with Gasteiger partial charge in [0.15, 0.2) is 11.7 Å². The average Bonchev–Trinajstić information content (AvgIpc) is 2.99. The van der Waals surface area contributed by atoms with Crippen molar-refractivity contribution in [1.82, 2.24) is 4.98 Å². The van der Waals surface area contributed by atoms with Crippen molar-refractivity contribution in [1.29, 1.82) is 0 Å². The number of hydrogen-bond donors (Lipinski definition) is 1. The molecule has 0 bridgehead atoms. The molecule has 0 fully saturated rings. The van der Waals surface area contributed by atoms with E-state index in [1.165, 1.54) is 11.3 Å². The van der Waals surface area contributed by atoms with Gasteiger partial charge < -0.3 is 4.74 Å². The van der Waals surface area contributed by atoms with Crippen molar-refractivity contribution in [2.75, 3.05) is 11.9 Å². The molecule has 0 aliphatic heterocycles. The van der Waals surface area contributed by atoms with E-state index >= 15 is 0 Å². The predicted molar refractivity (Wildman–Crippen MR) is 92.9 cm³/mol. The first-order valence-electron chi connectivity index (χ1n) is 7.21. The molecule has 23 heavy (non-hydrogen) atoms. The molecule has 116 valence electrons. The van der Waals surface area contributed by atoms with Crippen molar-refractivity contribution in [2.24, 2.45) is 0 Å². The van der Waals surface area contributed by atoms with Gasteiger partial charge in [-0.05, 0) is 18.6 Å². The number of ether oxygens (including phenoxy) is 1. The number of nitrogens with zero attached hydrogens (tertiary/aromatic N) is 1. The summed E-state index contributed by atoms with van der Waals surface area (Å²) in [5.74, 6) is 0.464. The highest BCUT2D eigenvalue weighted by Crippen LogP contribution is 2.29. The van der Waals surface area contributed by atoms with E-state index in [2.05, 4.69) is 10.3 Å². The van der Waals surface area contributed by atoms with E-state index in [1.54, 1.807) is 0 Å². The molecule has 1 amide bonds. The molecule has 4 nitrogen and oxygen atoms in total. The minimum absolute atomic E-state index is 0.0531. The number of para-hydroxylation sites is 1. The van der Waals surface area contributed by atoms with E-state index in [4.69, 9.17) is 4.74 Å². The fourth-order valence-corrected chi connectivity index (χ4v) is 2.86. The number of aryl methyl sites for hydroxylation is 1. The maximum absolute atomic E-state index is 12.0.